The number of carbonyl (C=O) groups is 2. The summed E-state index contributed by atoms with van der Waals surface area (Å²) >= 11 is 0. The highest BCUT2D eigenvalue weighted by Gasteiger charge is 2.35. The molecule has 2 rings (SSSR count). The van der Waals surface area contributed by atoms with Crippen LogP contribution in [0.3, 0.4) is 0 Å². The summed E-state index contributed by atoms with van der Waals surface area (Å²) < 4.78 is 16.6. The van der Waals surface area contributed by atoms with Gasteiger partial charge in [-0.05, 0) is 59.8 Å². The zero-order valence-corrected chi connectivity index (χ0v) is 15.4. The van der Waals surface area contributed by atoms with E-state index in [1.54, 1.807) is 4.90 Å². The first-order valence-electron chi connectivity index (χ1n) is 9.07. The van der Waals surface area contributed by atoms with Crippen LogP contribution in [0.2, 0.25) is 0 Å². The van der Waals surface area contributed by atoms with Crippen molar-refractivity contribution in [1.29, 1.82) is 0 Å². The molecule has 2 saturated heterocycles. The molecule has 138 valence electrons. The van der Waals surface area contributed by atoms with Crippen LogP contribution in [0.4, 0.5) is 4.79 Å². The van der Waals surface area contributed by atoms with Gasteiger partial charge in [-0.1, -0.05) is 0 Å². The molecule has 0 unspecified atom stereocenters. The Morgan fingerprint density at radius 1 is 1.21 bits per heavy atom. The van der Waals surface area contributed by atoms with Gasteiger partial charge < -0.3 is 19.1 Å². The average molecular weight is 341 g/mol. The summed E-state index contributed by atoms with van der Waals surface area (Å²) in [6, 6.07) is -0.123. The van der Waals surface area contributed by atoms with Gasteiger partial charge in [-0.15, -0.1) is 0 Å². The Hall–Kier alpha value is -1.30. The van der Waals surface area contributed by atoms with E-state index in [9.17, 15) is 9.59 Å². The van der Waals surface area contributed by atoms with E-state index in [2.05, 4.69) is 0 Å². The molecule has 0 aliphatic carbocycles. The third-order valence-corrected chi connectivity index (χ3v) is 4.45. The molecule has 0 spiro atoms. The molecule has 2 heterocycles. The number of carbonyl (C=O) groups excluding carboxylic acids is 2. The quantitative estimate of drug-likeness (QED) is 0.734. The maximum atomic E-state index is 12.4. The van der Waals surface area contributed by atoms with Crippen LogP contribution in [-0.2, 0) is 19.0 Å². The van der Waals surface area contributed by atoms with Gasteiger partial charge in [-0.2, -0.15) is 0 Å². The van der Waals surface area contributed by atoms with Crippen LogP contribution in [0.15, 0.2) is 0 Å². The lowest BCUT2D eigenvalue weighted by Gasteiger charge is -2.39. The Morgan fingerprint density at radius 3 is 2.58 bits per heavy atom. The molecular weight excluding hydrogens is 310 g/mol. The van der Waals surface area contributed by atoms with E-state index in [1.165, 1.54) is 0 Å². The Bertz CT molecular complexity index is 439. The smallest absolute Gasteiger partial charge is 0.410 e. The normalized spacial score (nSPS) is 26.1. The standard InChI is InChI=1S/C18H31NO5/c1-13(23-16(20)12-14-8-7-11-22-14)15-9-5-6-10-19(15)17(21)24-18(2,3)4/h13-15H,5-12H2,1-4H3/t13-,14+,15-/m0/s1. The summed E-state index contributed by atoms with van der Waals surface area (Å²) in [6.45, 7) is 8.80. The van der Waals surface area contributed by atoms with Crippen molar-refractivity contribution in [1.82, 2.24) is 4.90 Å². The zero-order valence-electron chi connectivity index (χ0n) is 15.4. The van der Waals surface area contributed by atoms with Crippen LogP contribution in [0.1, 0.15) is 66.2 Å². The Balaban J connectivity index is 1.90. The summed E-state index contributed by atoms with van der Waals surface area (Å²) in [5, 5.41) is 0. The van der Waals surface area contributed by atoms with Crippen LogP contribution in [-0.4, -0.2) is 54.0 Å². The highest BCUT2D eigenvalue weighted by atomic mass is 16.6. The first kappa shape index (κ1) is 19.0. The minimum atomic E-state index is -0.529. The topological polar surface area (TPSA) is 65.1 Å². The van der Waals surface area contributed by atoms with Crippen LogP contribution in [0.25, 0.3) is 0 Å². The monoisotopic (exact) mass is 341 g/mol. The number of ether oxygens (including phenoxy) is 3. The lowest BCUT2D eigenvalue weighted by Crippen LogP contribution is -2.51. The minimum absolute atomic E-state index is 0.0157. The number of rotatable bonds is 4. The summed E-state index contributed by atoms with van der Waals surface area (Å²) in [4.78, 5) is 26.3. The molecule has 0 saturated carbocycles. The Morgan fingerprint density at radius 2 is 1.96 bits per heavy atom. The lowest BCUT2D eigenvalue weighted by atomic mass is 9.98. The molecule has 0 bridgehead atoms. The van der Waals surface area contributed by atoms with Crippen molar-refractivity contribution in [2.75, 3.05) is 13.2 Å². The summed E-state index contributed by atoms with van der Waals surface area (Å²) in [5.41, 5.74) is -0.529. The molecule has 2 aliphatic rings. The fourth-order valence-electron chi connectivity index (χ4n) is 3.32. The van der Waals surface area contributed by atoms with Gasteiger partial charge in [0.25, 0.3) is 0 Å². The van der Waals surface area contributed by atoms with Crippen molar-refractivity contribution >= 4 is 12.1 Å². The second kappa shape index (κ2) is 8.19. The highest BCUT2D eigenvalue weighted by Crippen LogP contribution is 2.25. The second-order valence-electron chi connectivity index (χ2n) is 7.77. The van der Waals surface area contributed by atoms with E-state index in [-0.39, 0.29) is 30.3 Å². The predicted molar refractivity (Wildman–Crippen MR) is 89.7 cm³/mol. The SMILES string of the molecule is C[C@H](OC(=O)C[C@H]1CCCO1)[C@@H]1CCCCN1C(=O)OC(C)(C)C. The molecule has 3 atom stereocenters. The molecule has 0 aromatic rings. The fourth-order valence-corrected chi connectivity index (χ4v) is 3.32. The molecule has 2 fully saturated rings. The number of amides is 1. The number of hydrogen-bond donors (Lipinski definition) is 0. The van der Waals surface area contributed by atoms with Gasteiger partial charge in [-0.3, -0.25) is 4.79 Å². The largest absolute Gasteiger partial charge is 0.460 e. The molecule has 0 aromatic heterocycles. The first-order chi connectivity index (χ1) is 11.3. The van der Waals surface area contributed by atoms with Crippen molar-refractivity contribution in [2.24, 2.45) is 0 Å². The number of piperidine rings is 1. The molecular formula is C18H31NO5. The van der Waals surface area contributed by atoms with Crippen LogP contribution < -0.4 is 0 Å². The van der Waals surface area contributed by atoms with E-state index in [0.717, 1.165) is 38.7 Å². The molecule has 6 heteroatoms. The van der Waals surface area contributed by atoms with Crippen LogP contribution in [0.5, 0.6) is 0 Å². The van der Waals surface area contributed by atoms with E-state index >= 15 is 0 Å². The van der Waals surface area contributed by atoms with Crippen molar-refractivity contribution < 1.29 is 23.8 Å². The Labute approximate surface area is 144 Å². The zero-order chi connectivity index (χ0) is 17.7. The number of hydrogen-bond acceptors (Lipinski definition) is 5. The van der Waals surface area contributed by atoms with Crippen molar-refractivity contribution in [3.63, 3.8) is 0 Å². The van der Waals surface area contributed by atoms with E-state index in [1.807, 2.05) is 27.7 Å². The predicted octanol–water partition coefficient (Wildman–Crippen LogP) is 3.28. The van der Waals surface area contributed by atoms with Gasteiger partial charge in [0.1, 0.15) is 11.7 Å². The summed E-state index contributed by atoms with van der Waals surface area (Å²) in [5.74, 6) is -0.246. The minimum Gasteiger partial charge on any atom is -0.460 e. The third-order valence-electron chi connectivity index (χ3n) is 4.45. The lowest BCUT2D eigenvalue weighted by molar-refractivity contribution is -0.154. The van der Waals surface area contributed by atoms with Crippen molar-refractivity contribution in [3.8, 4) is 0 Å². The van der Waals surface area contributed by atoms with Gasteiger partial charge in [0, 0.05) is 13.2 Å². The number of esters is 1. The number of likely N-dealkylation sites (tertiary alicyclic amines) is 1. The maximum Gasteiger partial charge on any atom is 0.410 e. The molecule has 1 amide bonds. The van der Waals surface area contributed by atoms with Gasteiger partial charge in [0.05, 0.1) is 18.6 Å². The fraction of sp³-hybridized carbons (Fsp3) is 0.889. The maximum absolute atomic E-state index is 12.4. The van der Waals surface area contributed by atoms with Crippen LogP contribution >= 0.6 is 0 Å². The van der Waals surface area contributed by atoms with Gasteiger partial charge in [0.15, 0.2) is 0 Å². The van der Waals surface area contributed by atoms with E-state index in [0.29, 0.717) is 13.0 Å². The highest BCUT2D eigenvalue weighted by molar-refractivity contribution is 5.71. The molecule has 0 radical (unpaired) electrons. The van der Waals surface area contributed by atoms with Crippen LogP contribution in [0, 0.1) is 0 Å². The summed E-state index contributed by atoms with van der Waals surface area (Å²) in [6.07, 6.45) is 4.33. The van der Waals surface area contributed by atoms with E-state index < -0.39 is 5.60 Å². The first-order valence-corrected chi connectivity index (χ1v) is 9.07. The molecule has 6 nitrogen and oxygen atoms in total. The van der Waals surface area contributed by atoms with Gasteiger partial charge >= 0.3 is 12.1 Å². The second-order valence-corrected chi connectivity index (χ2v) is 7.77. The summed E-state index contributed by atoms with van der Waals surface area (Å²) in [7, 11) is 0. The average Bonchev–Trinajstić information content (AvgIpc) is 2.98. The molecule has 0 aromatic carbocycles. The third kappa shape index (κ3) is 5.65. The molecule has 24 heavy (non-hydrogen) atoms. The molecule has 2 aliphatic heterocycles. The molecule has 0 N–H and O–H groups in total. The van der Waals surface area contributed by atoms with Crippen molar-refractivity contribution in [3.05, 3.63) is 0 Å². The van der Waals surface area contributed by atoms with Crippen molar-refractivity contribution in [2.45, 2.75) is 90.1 Å². The van der Waals surface area contributed by atoms with Gasteiger partial charge in [0.2, 0.25) is 0 Å². The number of nitrogens with zero attached hydrogens (tertiary/aromatic N) is 1. The van der Waals surface area contributed by atoms with Gasteiger partial charge in [-0.25, -0.2) is 4.79 Å². The Kier molecular flexibility index (Phi) is 6.49. The van der Waals surface area contributed by atoms with E-state index in [4.69, 9.17) is 14.2 Å².